The lowest BCUT2D eigenvalue weighted by Gasteiger charge is -2.12. The van der Waals surface area contributed by atoms with Crippen molar-refractivity contribution in [3.05, 3.63) is 78.1 Å². The van der Waals surface area contributed by atoms with E-state index >= 15 is 0 Å². The zero-order valence-electron chi connectivity index (χ0n) is 14.0. The van der Waals surface area contributed by atoms with E-state index in [9.17, 15) is 4.79 Å². The molecule has 0 saturated carbocycles. The van der Waals surface area contributed by atoms with Gasteiger partial charge in [-0.2, -0.15) is 5.10 Å². The summed E-state index contributed by atoms with van der Waals surface area (Å²) in [5.74, 6) is 0.749. The summed E-state index contributed by atoms with van der Waals surface area (Å²) in [6.45, 7) is 1.12. The van der Waals surface area contributed by atoms with Gasteiger partial charge in [-0.05, 0) is 41.5 Å². The molecule has 0 aliphatic rings. The van der Waals surface area contributed by atoms with Crippen LogP contribution < -0.4 is 15.4 Å². The highest BCUT2D eigenvalue weighted by Gasteiger charge is 2.06. The van der Waals surface area contributed by atoms with Crippen LogP contribution in [0.5, 0.6) is 5.75 Å². The van der Waals surface area contributed by atoms with Gasteiger partial charge < -0.3 is 15.4 Å². The number of aromatic nitrogens is 2. The molecule has 6 nitrogen and oxygen atoms in total. The van der Waals surface area contributed by atoms with E-state index in [2.05, 4.69) is 15.7 Å². The number of carbonyl (C=O) groups is 1. The van der Waals surface area contributed by atoms with Gasteiger partial charge >= 0.3 is 6.03 Å². The van der Waals surface area contributed by atoms with Crippen molar-refractivity contribution in [2.75, 3.05) is 12.4 Å². The van der Waals surface area contributed by atoms with E-state index in [4.69, 9.17) is 4.74 Å². The Bertz CT molecular complexity index is 814. The van der Waals surface area contributed by atoms with Gasteiger partial charge in [-0.15, -0.1) is 0 Å². The topological polar surface area (TPSA) is 68.2 Å². The Kier molecular flexibility index (Phi) is 5.31. The number of amides is 2. The van der Waals surface area contributed by atoms with Gasteiger partial charge in [-0.3, -0.25) is 4.68 Å². The van der Waals surface area contributed by atoms with Crippen LogP contribution in [0.2, 0.25) is 0 Å². The highest BCUT2D eigenvalue weighted by atomic mass is 16.5. The first-order chi connectivity index (χ1) is 12.2. The van der Waals surface area contributed by atoms with Crippen molar-refractivity contribution in [3.8, 4) is 5.75 Å². The van der Waals surface area contributed by atoms with Crippen LogP contribution >= 0.6 is 0 Å². The van der Waals surface area contributed by atoms with Gasteiger partial charge in [-0.25, -0.2) is 4.79 Å². The predicted octanol–water partition coefficient (Wildman–Crippen LogP) is 3.26. The maximum absolute atomic E-state index is 12.1. The van der Waals surface area contributed by atoms with E-state index < -0.39 is 0 Å². The fraction of sp³-hybridized carbons (Fsp3) is 0.158. The molecule has 2 amide bonds. The summed E-state index contributed by atoms with van der Waals surface area (Å²) >= 11 is 0. The van der Waals surface area contributed by atoms with Gasteiger partial charge in [0.05, 0.1) is 13.7 Å². The van der Waals surface area contributed by atoms with E-state index in [1.807, 2.05) is 41.2 Å². The van der Waals surface area contributed by atoms with Crippen LogP contribution in [0.3, 0.4) is 0 Å². The third-order valence-electron chi connectivity index (χ3n) is 3.80. The van der Waals surface area contributed by atoms with Crippen molar-refractivity contribution >= 4 is 11.7 Å². The molecule has 0 aliphatic carbocycles. The largest absolute Gasteiger partial charge is 0.497 e. The SMILES string of the molecule is COc1ccc(NC(=O)NCc2ccccc2Cn2cccn2)cc1. The second-order valence-corrected chi connectivity index (χ2v) is 5.51. The first kappa shape index (κ1) is 16.6. The molecule has 0 aliphatic heterocycles. The highest BCUT2D eigenvalue weighted by molar-refractivity contribution is 5.89. The molecule has 3 aromatic rings. The molecule has 3 rings (SSSR count). The van der Waals surface area contributed by atoms with E-state index in [0.717, 1.165) is 16.9 Å². The van der Waals surface area contributed by atoms with Crippen molar-refractivity contribution in [1.82, 2.24) is 15.1 Å². The smallest absolute Gasteiger partial charge is 0.319 e. The summed E-state index contributed by atoms with van der Waals surface area (Å²) in [6.07, 6.45) is 3.67. The molecule has 128 valence electrons. The van der Waals surface area contributed by atoms with Crippen molar-refractivity contribution in [3.63, 3.8) is 0 Å². The molecule has 0 fully saturated rings. The molecule has 0 radical (unpaired) electrons. The van der Waals surface area contributed by atoms with Crippen LogP contribution in [0.4, 0.5) is 10.5 Å². The zero-order valence-corrected chi connectivity index (χ0v) is 14.0. The van der Waals surface area contributed by atoms with Gasteiger partial charge in [-0.1, -0.05) is 24.3 Å². The minimum Gasteiger partial charge on any atom is -0.497 e. The van der Waals surface area contributed by atoms with E-state index in [0.29, 0.717) is 18.8 Å². The molecule has 0 unspecified atom stereocenters. The average molecular weight is 336 g/mol. The summed E-state index contributed by atoms with van der Waals surface area (Å²) < 4.78 is 6.96. The second kappa shape index (κ2) is 8.01. The van der Waals surface area contributed by atoms with Gasteiger partial charge in [0.25, 0.3) is 0 Å². The summed E-state index contributed by atoms with van der Waals surface area (Å²) in [4.78, 5) is 12.1. The van der Waals surface area contributed by atoms with Crippen molar-refractivity contribution in [1.29, 1.82) is 0 Å². The molecule has 0 bridgehead atoms. The third-order valence-corrected chi connectivity index (χ3v) is 3.80. The molecule has 25 heavy (non-hydrogen) atoms. The maximum Gasteiger partial charge on any atom is 0.319 e. The molecule has 2 N–H and O–H groups in total. The van der Waals surface area contributed by atoms with Crippen LogP contribution in [-0.2, 0) is 13.1 Å². The standard InChI is InChI=1S/C19H20N4O2/c1-25-18-9-7-17(8-10-18)22-19(24)20-13-15-5-2-3-6-16(15)14-23-12-4-11-21-23/h2-12H,13-14H2,1H3,(H2,20,22,24). The Morgan fingerprint density at radius 3 is 2.52 bits per heavy atom. The van der Waals surface area contributed by atoms with Crippen LogP contribution in [0.15, 0.2) is 67.0 Å². The van der Waals surface area contributed by atoms with Gasteiger partial charge in [0.15, 0.2) is 0 Å². The maximum atomic E-state index is 12.1. The molecule has 1 aromatic heterocycles. The lowest BCUT2D eigenvalue weighted by atomic mass is 10.1. The fourth-order valence-corrected chi connectivity index (χ4v) is 2.48. The number of nitrogens with one attached hydrogen (secondary N) is 2. The Hall–Kier alpha value is -3.28. The number of ether oxygens (including phenoxy) is 1. The van der Waals surface area contributed by atoms with Crippen LogP contribution in [0.25, 0.3) is 0 Å². The molecular formula is C19H20N4O2. The third kappa shape index (κ3) is 4.60. The Balaban J connectivity index is 1.58. The monoisotopic (exact) mass is 336 g/mol. The highest BCUT2D eigenvalue weighted by Crippen LogP contribution is 2.15. The minimum atomic E-state index is -0.251. The summed E-state index contributed by atoms with van der Waals surface area (Å²) in [5, 5.41) is 9.91. The number of hydrogen-bond donors (Lipinski definition) is 2. The molecule has 0 atom stereocenters. The second-order valence-electron chi connectivity index (χ2n) is 5.51. The first-order valence-corrected chi connectivity index (χ1v) is 7.98. The number of methoxy groups -OCH3 is 1. The molecule has 6 heteroatoms. The van der Waals surface area contributed by atoms with Gasteiger partial charge in [0.2, 0.25) is 0 Å². The summed E-state index contributed by atoms with van der Waals surface area (Å²) in [7, 11) is 1.61. The average Bonchev–Trinajstić information content (AvgIpc) is 3.15. The first-order valence-electron chi connectivity index (χ1n) is 7.98. The van der Waals surface area contributed by atoms with Crippen LogP contribution in [0, 0.1) is 0 Å². The number of nitrogens with zero attached hydrogens (tertiary/aromatic N) is 2. The molecule has 0 saturated heterocycles. The molecule has 2 aromatic carbocycles. The normalized spacial score (nSPS) is 10.3. The zero-order chi connectivity index (χ0) is 17.5. The Morgan fingerprint density at radius 2 is 1.84 bits per heavy atom. The minimum absolute atomic E-state index is 0.251. The molecule has 1 heterocycles. The molecular weight excluding hydrogens is 316 g/mol. The van der Waals surface area contributed by atoms with E-state index in [1.54, 1.807) is 37.6 Å². The number of rotatable bonds is 6. The lowest BCUT2D eigenvalue weighted by Crippen LogP contribution is -2.28. The lowest BCUT2D eigenvalue weighted by molar-refractivity contribution is 0.251. The number of urea groups is 1. The van der Waals surface area contributed by atoms with E-state index in [-0.39, 0.29) is 6.03 Å². The van der Waals surface area contributed by atoms with Crippen molar-refractivity contribution < 1.29 is 9.53 Å². The van der Waals surface area contributed by atoms with Crippen molar-refractivity contribution in [2.45, 2.75) is 13.1 Å². The summed E-state index contributed by atoms with van der Waals surface area (Å²) in [5.41, 5.74) is 2.89. The predicted molar refractivity (Wildman–Crippen MR) is 96.6 cm³/mol. The van der Waals surface area contributed by atoms with Crippen molar-refractivity contribution in [2.24, 2.45) is 0 Å². The van der Waals surface area contributed by atoms with Crippen LogP contribution in [-0.4, -0.2) is 22.9 Å². The Labute approximate surface area is 146 Å². The van der Waals surface area contributed by atoms with Gasteiger partial charge in [0.1, 0.15) is 5.75 Å². The van der Waals surface area contributed by atoms with E-state index in [1.165, 1.54) is 0 Å². The number of anilines is 1. The molecule has 0 spiro atoms. The van der Waals surface area contributed by atoms with Crippen LogP contribution in [0.1, 0.15) is 11.1 Å². The number of hydrogen-bond acceptors (Lipinski definition) is 3. The quantitative estimate of drug-likeness (QED) is 0.726. The van der Waals surface area contributed by atoms with Gasteiger partial charge in [0, 0.05) is 24.6 Å². The number of benzene rings is 2. The number of carbonyl (C=O) groups excluding carboxylic acids is 1. The Morgan fingerprint density at radius 1 is 1.08 bits per heavy atom. The summed E-state index contributed by atoms with van der Waals surface area (Å²) in [6, 6.07) is 16.8. The fourth-order valence-electron chi connectivity index (χ4n) is 2.48.